The molecule has 0 aliphatic rings. The van der Waals surface area contributed by atoms with Crippen LogP contribution in [0.4, 0.5) is 5.69 Å². The second-order valence-corrected chi connectivity index (χ2v) is 3.60. The Balaban J connectivity index is 2.54. The van der Waals surface area contributed by atoms with Gasteiger partial charge in [0.25, 0.3) is 0 Å². The molecular formula is C11H9ClN2O. The van der Waals surface area contributed by atoms with Gasteiger partial charge >= 0.3 is 0 Å². The van der Waals surface area contributed by atoms with E-state index in [0.717, 1.165) is 5.56 Å². The molecule has 2 rings (SSSR count). The van der Waals surface area contributed by atoms with Crippen LogP contribution in [0.5, 0.6) is 5.75 Å². The quantitative estimate of drug-likeness (QED) is 0.727. The van der Waals surface area contributed by atoms with Gasteiger partial charge in [0, 0.05) is 35.3 Å². The lowest BCUT2D eigenvalue weighted by molar-refractivity contribution is 0.477. The van der Waals surface area contributed by atoms with Crippen molar-refractivity contribution >= 4 is 17.3 Å². The maximum Gasteiger partial charge on any atom is 0.125 e. The van der Waals surface area contributed by atoms with Crippen molar-refractivity contribution in [3.63, 3.8) is 0 Å². The highest BCUT2D eigenvalue weighted by molar-refractivity contribution is 6.30. The Hall–Kier alpha value is -1.74. The molecule has 1 aromatic carbocycles. The molecule has 4 heteroatoms. The van der Waals surface area contributed by atoms with Crippen molar-refractivity contribution in [2.75, 3.05) is 5.73 Å². The third-order valence-electron chi connectivity index (χ3n) is 2.04. The number of halogens is 1. The lowest BCUT2D eigenvalue weighted by atomic mass is 10.1. The number of hydrogen-bond acceptors (Lipinski definition) is 3. The van der Waals surface area contributed by atoms with Crippen LogP contribution >= 0.6 is 11.6 Å². The van der Waals surface area contributed by atoms with Gasteiger partial charge in [-0.1, -0.05) is 11.6 Å². The van der Waals surface area contributed by atoms with E-state index in [4.69, 9.17) is 17.3 Å². The molecule has 0 aliphatic carbocycles. The van der Waals surface area contributed by atoms with Crippen molar-refractivity contribution in [3.05, 3.63) is 41.7 Å². The highest BCUT2D eigenvalue weighted by atomic mass is 35.5. The maximum atomic E-state index is 9.68. The zero-order valence-electron chi connectivity index (χ0n) is 7.81. The summed E-state index contributed by atoms with van der Waals surface area (Å²) in [4.78, 5) is 3.95. The molecule has 1 aromatic heterocycles. The monoisotopic (exact) mass is 220 g/mol. The molecule has 0 saturated heterocycles. The molecule has 2 aromatic rings. The van der Waals surface area contributed by atoms with Crippen molar-refractivity contribution in [1.82, 2.24) is 4.98 Å². The van der Waals surface area contributed by atoms with Gasteiger partial charge in [-0.15, -0.1) is 0 Å². The van der Waals surface area contributed by atoms with Crippen LogP contribution in [-0.2, 0) is 0 Å². The first-order chi connectivity index (χ1) is 7.16. The van der Waals surface area contributed by atoms with E-state index in [1.165, 1.54) is 6.07 Å². The molecule has 0 fully saturated rings. The fourth-order valence-corrected chi connectivity index (χ4v) is 1.53. The SMILES string of the molecule is Nc1ccc(-c2cncc(Cl)c2)c(O)c1. The van der Waals surface area contributed by atoms with Crippen LogP contribution in [0.2, 0.25) is 5.02 Å². The average Bonchev–Trinajstić information content (AvgIpc) is 2.17. The molecule has 76 valence electrons. The first-order valence-corrected chi connectivity index (χ1v) is 4.74. The number of anilines is 1. The molecule has 0 radical (unpaired) electrons. The third kappa shape index (κ3) is 2.02. The van der Waals surface area contributed by atoms with Gasteiger partial charge in [0.1, 0.15) is 5.75 Å². The van der Waals surface area contributed by atoms with Crippen molar-refractivity contribution in [2.24, 2.45) is 0 Å². The third-order valence-corrected chi connectivity index (χ3v) is 2.24. The summed E-state index contributed by atoms with van der Waals surface area (Å²) in [7, 11) is 0. The van der Waals surface area contributed by atoms with Crippen molar-refractivity contribution in [3.8, 4) is 16.9 Å². The summed E-state index contributed by atoms with van der Waals surface area (Å²) in [5, 5.41) is 10.2. The Morgan fingerprint density at radius 3 is 2.67 bits per heavy atom. The van der Waals surface area contributed by atoms with Crippen LogP contribution in [0, 0.1) is 0 Å². The van der Waals surface area contributed by atoms with E-state index in [1.54, 1.807) is 30.6 Å². The van der Waals surface area contributed by atoms with Gasteiger partial charge in [-0.25, -0.2) is 0 Å². The fourth-order valence-electron chi connectivity index (χ4n) is 1.35. The van der Waals surface area contributed by atoms with Crippen molar-refractivity contribution < 1.29 is 5.11 Å². The normalized spacial score (nSPS) is 10.2. The zero-order chi connectivity index (χ0) is 10.8. The highest BCUT2D eigenvalue weighted by Gasteiger charge is 2.05. The van der Waals surface area contributed by atoms with E-state index < -0.39 is 0 Å². The molecule has 0 amide bonds. The Labute approximate surface area is 92.1 Å². The van der Waals surface area contributed by atoms with Gasteiger partial charge in [0.15, 0.2) is 0 Å². The highest BCUT2D eigenvalue weighted by Crippen LogP contribution is 2.31. The molecule has 1 heterocycles. The molecule has 3 nitrogen and oxygen atoms in total. The van der Waals surface area contributed by atoms with Gasteiger partial charge in [-0.3, -0.25) is 4.98 Å². The number of aromatic hydroxyl groups is 1. The summed E-state index contributed by atoms with van der Waals surface area (Å²) in [6.45, 7) is 0. The van der Waals surface area contributed by atoms with E-state index in [-0.39, 0.29) is 5.75 Å². The number of phenolic OH excluding ortho intramolecular Hbond substituents is 1. The predicted octanol–water partition coefficient (Wildman–Crippen LogP) is 2.69. The standard InChI is InChI=1S/C11H9ClN2O/c12-8-3-7(5-14-6-8)10-2-1-9(13)4-11(10)15/h1-6,15H,13H2. The minimum Gasteiger partial charge on any atom is -0.507 e. The predicted molar refractivity (Wildman–Crippen MR) is 60.8 cm³/mol. The molecule has 0 unspecified atom stereocenters. The van der Waals surface area contributed by atoms with Crippen LogP contribution in [0.1, 0.15) is 0 Å². The number of benzene rings is 1. The number of aromatic nitrogens is 1. The van der Waals surface area contributed by atoms with Gasteiger partial charge in [-0.05, 0) is 18.2 Å². The van der Waals surface area contributed by atoms with Crippen LogP contribution in [0.15, 0.2) is 36.7 Å². The number of nitrogens with zero attached hydrogens (tertiary/aromatic N) is 1. The maximum absolute atomic E-state index is 9.68. The molecule has 0 bridgehead atoms. The fraction of sp³-hybridized carbons (Fsp3) is 0. The lowest BCUT2D eigenvalue weighted by Crippen LogP contribution is -1.86. The Bertz CT molecular complexity index is 500. The summed E-state index contributed by atoms with van der Waals surface area (Å²) in [6.07, 6.45) is 3.18. The number of nitrogen functional groups attached to an aromatic ring is 1. The van der Waals surface area contributed by atoms with E-state index in [1.807, 2.05) is 0 Å². The van der Waals surface area contributed by atoms with Crippen molar-refractivity contribution in [2.45, 2.75) is 0 Å². The number of rotatable bonds is 1. The van der Waals surface area contributed by atoms with E-state index in [2.05, 4.69) is 4.98 Å². The van der Waals surface area contributed by atoms with Crippen LogP contribution < -0.4 is 5.73 Å². The Morgan fingerprint density at radius 2 is 2.00 bits per heavy atom. The molecular weight excluding hydrogens is 212 g/mol. The second kappa shape index (κ2) is 3.79. The summed E-state index contributed by atoms with van der Waals surface area (Å²) >= 11 is 5.81. The minimum atomic E-state index is 0.124. The van der Waals surface area contributed by atoms with Gasteiger partial charge in [0.2, 0.25) is 0 Å². The van der Waals surface area contributed by atoms with Gasteiger partial charge in [-0.2, -0.15) is 0 Å². The number of pyridine rings is 1. The topological polar surface area (TPSA) is 59.1 Å². The first kappa shape index (κ1) is 9.80. The molecule has 3 N–H and O–H groups in total. The lowest BCUT2D eigenvalue weighted by Gasteiger charge is -2.05. The molecule has 15 heavy (non-hydrogen) atoms. The van der Waals surface area contributed by atoms with E-state index in [9.17, 15) is 5.11 Å². The van der Waals surface area contributed by atoms with Gasteiger partial charge in [0.05, 0.1) is 5.02 Å². The summed E-state index contributed by atoms with van der Waals surface area (Å²) < 4.78 is 0. The number of nitrogens with two attached hydrogens (primary N) is 1. The summed E-state index contributed by atoms with van der Waals surface area (Å²) in [6, 6.07) is 6.68. The number of phenols is 1. The minimum absolute atomic E-state index is 0.124. The van der Waals surface area contributed by atoms with Crippen LogP contribution in [0.3, 0.4) is 0 Å². The molecule has 0 saturated carbocycles. The van der Waals surface area contributed by atoms with Crippen LogP contribution in [-0.4, -0.2) is 10.1 Å². The summed E-state index contributed by atoms with van der Waals surface area (Å²) in [5.41, 5.74) is 7.48. The second-order valence-electron chi connectivity index (χ2n) is 3.17. The largest absolute Gasteiger partial charge is 0.507 e. The summed E-state index contributed by atoms with van der Waals surface area (Å²) in [5.74, 6) is 0.124. The zero-order valence-corrected chi connectivity index (χ0v) is 8.57. The van der Waals surface area contributed by atoms with Crippen molar-refractivity contribution in [1.29, 1.82) is 0 Å². The van der Waals surface area contributed by atoms with Crippen LogP contribution in [0.25, 0.3) is 11.1 Å². The molecule has 0 spiro atoms. The molecule has 0 atom stereocenters. The first-order valence-electron chi connectivity index (χ1n) is 4.36. The smallest absolute Gasteiger partial charge is 0.125 e. The average molecular weight is 221 g/mol. The van der Waals surface area contributed by atoms with Gasteiger partial charge < -0.3 is 10.8 Å². The van der Waals surface area contributed by atoms with E-state index in [0.29, 0.717) is 16.3 Å². The molecule has 0 aliphatic heterocycles. The number of hydrogen-bond donors (Lipinski definition) is 2. The Kier molecular flexibility index (Phi) is 2.47. The van der Waals surface area contributed by atoms with E-state index >= 15 is 0 Å². The Morgan fingerprint density at radius 1 is 1.20 bits per heavy atom.